The lowest BCUT2D eigenvalue weighted by molar-refractivity contribution is -0.135. The first-order valence-corrected chi connectivity index (χ1v) is 14.4. The molecule has 0 spiro atoms. The summed E-state index contributed by atoms with van der Waals surface area (Å²) in [5, 5.41) is 5.44. The third-order valence-corrected chi connectivity index (χ3v) is 7.26. The predicted octanol–water partition coefficient (Wildman–Crippen LogP) is 4.19. The van der Waals surface area contributed by atoms with Crippen LogP contribution < -0.4 is 10.6 Å². The van der Waals surface area contributed by atoms with Gasteiger partial charge < -0.3 is 20.4 Å². The van der Waals surface area contributed by atoms with Crippen molar-refractivity contribution in [2.45, 2.75) is 117 Å². The number of unbranched alkanes of at least 4 members (excludes halogenated alkanes) is 9. The van der Waals surface area contributed by atoms with Gasteiger partial charge in [0.15, 0.2) is 0 Å². The molecule has 8 nitrogen and oxygen atoms in total. The number of rotatable bonds is 19. The van der Waals surface area contributed by atoms with Crippen molar-refractivity contribution in [3.63, 3.8) is 0 Å². The number of carbonyl (C=O) groups excluding carboxylic acids is 4. The molecular formula is C29H52N4O4. The fraction of sp³-hybridized carbons (Fsp3) is 0.793. The molecule has 1 fully saturated rings. The van der Waals surface area contributed by atoms with Gasteiger partial charge in [0.25, 0.3) is 0 Å². The molecular weight excluding hydrogens is 468 g/mol. The predicted molar refractivity (Wildman–Crippen MR) is 149 cm³/mol. The minimum Gasteiger partial charge on any atom is -0.354 e. The Labute approximate surface area is 225 Å². The highest BCUT2D eigenvalue weighted by Crippen LogP contribution is 2.22. The number of hydrogen-bond donors (Lipinski definition) is 2. The minimum atomic E-state index is -0.437. The van der Waals surface area contributed by atoms with Crippen molar-refractivity contribution < 1.29 is 19.2 Å². The van der Waals surface area contributed by atoms with Crippen molar-refractivity contribution >= 4 is 24.1 Å². The van der Waals surface area contributed by atoms with Crippen LogP contribution in [-0.2, 0) is 19.2 Å². The van der Waals surface area contributed by atoms with Crippen molar-refractivity contribution in [2.75, 3.05) is 26.7 Å². The number of hydrogen-bond acceptors (Lipinski definition) is 4. The van der Waals surface area contributed by atoms with Crippen LogP contribution in [0.1, 0.15) is 105 Å². The number of likely N-dealkylation sites (N-methyl/N-ethyl adjacent to an activating group) is 1. The molecule has 0 radical (unpaired) electrons. The molecule has 0 unspecified atom stereocenters. The molecule has 1 aliphatic heterocycles. The van der Waals surface area contributed by atoms with E-state index in [1.54, 1.807) is 23.8 Å². The number of nitrogens with one attached hydrogen (secondary N) is 2. The van der Waals surface area contributed by atoms with E-state index in [2.05, 4.69) is 17.6 Å². The van der Waals surface area contributed by atoms with Crippen LogP contribution in [-0.4, -0.2) is 72.7 Å². The minimum absolute atomic E-state index is 0.0674. The van der Waals surface area contributed by atoms with Crippen LogP contribution in [0.15, 0.2) is 11.6 Å². The molecule has 0 aromatic carbocycles. The van der Waals surface area contributed by atoms with Crippen LogP contribution >= 0.6 is 0 Å². The largest absolute Gasteiger partial charge is 0.354 e. The Bertz CT molecular complexity index is 737. The average Bonchev–Trinajstić information content (AvgIpc) is 3.37. The lowest BCUT2D eigenvalue weighted by Gasteiger charge is -2.30. The summed E-state index contributed by atoms with van der Waals surface area (Å²) in [6.07, 6.45) is 16.3. The molecule has 1 rings (SSSR count). The summed E-state index contributed by atoms with van der Waals surface area (Å²) in [5.41, 5.74) is 0.524. The van der Waals surface area contributed by atoms with Gasteiger partial charge in [0, 0.05) is 25.7 Å². The van der Waals surface area contributed by atoms with Crippen LogP contribution in [0.2, 0.25) is 0 Å². The zero-order valence-electron chi connectivity index (χ0n) is 24.0. The van der Waals surface area contributed by atoms with Crippen LogP contribution in [0.25, 0.3) is 0 Å². The molecule has 0 aromatic heterocycles. The van der Waals surface area contributed by atoms with E-state index in [0.717, 1.165) is 19.3 Å². The first kappa shape index (κ1) is 32.6. The number of likely N-dealkylation sites (tertiary alicyclic amines) is 1. The zero-order chi connectivity index (χ0) is 27.6. The first-order valence-electron chi connectivity index (χ1n) is 14.4. The Balaban J connectivity index is 2.51. The fourth-order valence-electron chi connectivity index (χ4n) is 4.95. The number of nitrogens with zero attached hydrogens (tertiary/aromatic N) is 2. The molecule has 4 amide bonds. The molecule has 8 heteroatoms. The molecule has 0 saturated carbocycles. The van der Waals surface area contributed by atoms with Crippen molar-refractivity contribution in [3.05, 3.63) is 11.6 Å². The molecule has 1 aliphatic rings. The van der Waals surface area contributed by atoms with Crippen LogP contribution in [0.4, 0.5) is 0 Å². The average molecular weight is 521 g/mol. The molecule has 0 aromatic rings. The third kappa shape index (κ3) is 12.1. The number of amides is 4. The summed E-state index contributed by atoms with van der Waals surface area (Å²) < 4.78 is 0. The van der Waals surface area contributed by atoms with E-state index in [9.17, 15) is 19.2 Å². The van der Waals surface area contributed by atoms with E-state index in [1.165, 1.54) is 51.4 Å². The maximum Gasteiger partial charge on any atom is 0.249 e. The van der Waals surface area contributed by atoms with Gasteiger partial charge in [-0.3, -0.25) is 19.2 Å². The molecule has 0 bridgehead atoms. The number of carbonyl (C=O) groups is 4. The molecule has 0 aliphatic carbocycles. The Morgan fingerprint density at radius 2 is 1.59 bits per heavy atom. The summed E-state index contributed by atoms with van der Waals surface area (Å²) in [4.78, 5) is 52.2. The van der Waals surface area contributed by atoms with Crippen LogP contribution in [0.5, 0.6) is 0 Å². The summed E-state index contributed by atoms with van der Waals surface area (Å²) in [6, 6.07) is -0.733. The second kappa shape index (κ2) is 18.8. The van der Waals surface area contributed by atoms with Gasteiger partial charge in [-0.2, -0.15) is 0 Å². The topological polar surface area (TPSA) is 98.8 Å². The van der Waals surface area contributed by atoms with E-state index in [0.29, 0.717) is 31.5 Å². The van der Waals surface area contributed by atoms with E-state index in [-0.39, 0.29) is 36.2 Å². The Morgan fingerprint density at radius 1 is 1.00 bits per heavy atom. The van der Waals surface area contributed by atoms with Crippen molar-refractivity contribution in [1.29, 1.82) is 0 Å². The maximum atomic E-state index is 13.3. The molecule has 2 N–H and O–H groups in total. The Hall–Kier alpha value is -2.38. The standard InChI is InChI=1S/C29H52N4O4/c1-6-7-8-9-10-11-12-13-14-15-18-31-28(36)25-17-16-19-33(25)29(37)24(4)20-26(23(2)3)32(5)27(35)21-30-22-34/h20,22-23,25-26H,6-19,21H2,1-5H3,(H,30,34)(H,31,36)/t25-,26+/m0/s1. The zero-order valence-corrected chi connectivity index (χ0v) is 24.0. The third-order valence-electron chi connectivity index (χ3n) is 7.26. The van der Waals surface area contributed by atoms with Gasteiger partial charge in [-0.1, -0.05) is 84.6 Å². The SMILES string of the molecule is CCCCCCCCCCCCNC(=O)[C@@H]1CCCN1C(=O)C(C)=C[C@H](C(C)C)N(C)C(=O)CNC=O. The van der Waals surface area contributed by atoms with Gasteiger partial charge in [0.1, 0.15) is 6.04 Å². The molecule has 1 saturated heterocycles. The van der Waals surface area contributed by atoms with E-state index in [1.807, 2.05) is 19.9 Å². The molecule has 1 heterocycles. The van der Waals surface area contributed by atoms with Gasteiger partial charge in [-0.05, 0) is 32.1 Å². The Kier molecular flexibility index (Phi) is 16.6. The van der Waals surface area contributed by atoms with Crippen molar-refractivity contribution in [2.24, 2.45) is 5.92 Å². The van der Waals surface area contributed by atoms with E-state index < -0.39 is 6.04 Å². The summed E-state index contributed by atoms with van der Waals surface area (Å²) in [5.74, 6) is -0.379. The fourth-order valence-corrected chi connectivity index (χ4v) is 4.95. The summed E-state index contributed by atoms with van der Waals surface area (Å²) in [6.45, 7) is 9.08. The normalized spacial score (nSPS) is 16.5. The van der Waals surface area contributed by atoms with Crippen molar-refractivity contribution in [1.82, 2.24) is 20.4 Å². The van der Waals surface area contributed by atoms with Crippen LogP contribution in [0, 0.1) is 5.92 Å². The quantitative estimate of drug-likeness (QED) is 0.152. The lowest BCUT2D eigenvalue weighted by atomic mass is 9.99. The molecule has 2 atom stereocenters. The second-order valence-corrected chi connectivity index (χ2v) is 10.7. The van der Waals surface area contributed by atoms with Gasteiger partial charge >= 0.3 is 0 Å². The highest BCUT2D eigenvalue weighted by molar-refractivity contribution is 5.97. The summed E-state index contributed by atoms with van der Waals surface area (Å²) >= 11 is 0. The van der Waals surface area contributed by atoms with E-state index >= 15 is 0 Å². The highest BCUT2D eigenvalue weighted by atomic mass is 16.2. The van der Waals surface area contributed by atoms with E-state index in [4.69, 9.17) is 0 Å². The van der Waals surface area contributed by atoms with Gasteiger partial charge in [0.05, 0.1) is 12.6 Å². The molecule has 212 valence electrons. The van der Waals surface area contributed by atoms with Crippen molar-refractivity contribution in [3.8, 4) is 0 Å². The lowest BCUT2D eigenvalue weighted by Crippen LogP contribution is -2.47. The van der Waals surface area contributed by atoms with Gasteiger partial charge in [-0.25, -0.2) is 0 Å². The molecule has 37 heavy (non-hydrogen) atoms. The summed E-state index contributed by atoms with van der Waals surface area (Å²) in [7, 11) is 1.67. The first-order chi connectivity index (χ1) is 17.7. The van der Waals surface area contributed by atoms with Gasteiger partial charge in [0.2, 0.25) is 24.1 Å². The van der Waals surface area contributed by atoms with Crippen LogP contribution in [0.3, 0.4) is 0 Å². The smallest absolute Gasteiger partial charge is 0.249 e. The monoisotopic (exact) mass is 520 g/mol. The second-order valence-electron chi connectivity index (χ2n) is 10.7. The Morgan fingerprint density at radius 3 is 2.16 bits per heavy atom. The highest BCUT2D eigenvalue weighted by Gasteiger charge is 2.34. The maximum absolute atomic E-state index is 13.3. The van der Waals surface area contributed by atoms with Gasteiger partial charge in [-0.15, -0.1) is 0 Å².